The van der Waals surface area contributed by atoms with Gasteiger partial charge in [0.1, 0.15) is 0 Å². The van der Waals surface area contributed by atoms with Crippen molar-refractivity contribution < 1.29 is 28.6 Å². The number of carbonyl (C=O) groups is 3. The molecule has 0 saturated carbocycles. The third-order valence-electron chi connectivity index (χ3n) is 4.60. The summed E-state index contributed by atoms with van der Waals surface area (Å²) in [5.74, 6) is 0.0546. The van der Waals surface area contributed by atoms with Gasteiger partial charge >= 0.3 is 5.97 Å². The van der Waals surface area contributed by atoms with E-state index < -0.39 is 16.6 Å². The van der Waals surface area contributed by atoms with Crippen molar-refractivity contribution in [2.45, 2.75) is 37.8 Å². The lowest BCUT2D eigenvalue weighted by molar-refractivity contribution is -0.129. The predicted molar refractivity (Wildman–Crippen MR) is 125 cm³/mol. The van der Waals surface area contributed by atoms with Crippen molar-refractivity contribution in [3.8, 4) is 11.5 Å². The fourth-order valence-corrected chi connectivity index (χ4v) is 3.55. The van der Waals surface area contributed by atoms with Crippen LogP contribution in [0.5, 0.6) is 11.5 Å². The van der Waals surface area contributed by atoms with E-state index in [-0.39, 0.29) is 18.3 Å². The summed E-state index contributed by atoms with van der Waals surface area (Å²) in [7, 11) is 3.06. The molecule has 2 aromatic rings. The molecule has 32 heavy (non-hydrogen) atoms. The SMILES string of the molecule is COc1ccc(NC(=O)C(C)Sc2ccccc2C(=O)OCC(=O)C(C)(C)C)cc1OC. The number of hydrogen-bond donors (Lipinski definition) is 1. The van der Waals surface area contributed by atoms with Gasteiger partial charge in [0.05, 0.1) is 25.0 Å². The first-order valence-corrected chi connectivity index (χ1v) is 10.9. The van der Waals surface area contributed by atoms with Gasteiger partial charge in [0, 0.05) is 22.1 Å². The Hall–Kier alpha value is -3.00. The third-order valence-corrected chi connectivity index (χ3v) is 5.78. The Morgan fingerprint density at radius 3 is 2.28 bits per heavy atom. The summed E-state index contributed by atoms with van der Waals surface area (Å²) in [6.07, 6.45) is 0. The van der Waals surface area contributed by atoms with E-state index in [0.717, 1.165) is 0 Å². The van der Waals surface area contributed by atoms with Gasteiger partial charge in [-0.1, -0.05) is 32.9 Å². The molecule has 0 aliphatic rings. The van der Waals surface area contributed by atoms with Crippen LogP contribution < -0.4 is 14.8 Å². The molecule has 2 rings (SSSR count). The Morgan fingerprint density at radius 1 is 1.00 bits per heavy atom. The second kappa shape index (κ2) is 11.0. The van der Waals surface area contributed by atoms with Gasteiger partial charge in [-0.25, -0.2) is 4.79 Å². The van der Waals surface area contributed by atoms with Crippen LogP contribution in [0.2, 0.25) is 0 Å². The number of ether oxygens (including phenoxy) is 3. The van der Waals surface area contributed by atoms with Crippen LogP contribution in [-0.2, 0) is 14.3 Å². The minimum atomic E-state index is -0.599. The summed E-state index contributed by atoms with van der Waals surface area (Å²) in [5, 5.41) is 2.33. The van der Waals surface area contributed by atoms with Gasteiger partial charge in [-0.15, -0.1) is 11.8 Å². The molecule has 0 saturated heterocycles. The summed E-state index contributed by atoms with van der Waals surface area (Å²) < 4.78 is 15.7. The van der Waals surface area contributed by atoms with Crippen LogP contribution in [0.4, 0.5) is 5.69 Å². The number of ketones is 1. The van der Waals surface area contributed by atoms with Crippen LogP contribution in [-0.4, -0.2) is 43.7 Å². The smallest absolute Gasteiger partial charge is 0.339 e. The molecule has 1 N–H and O–H groups in total. The van der Waals surface area contributed by atoms with Gasteiger partial charge in [0.15, 0.2) is 23.9 Å². The van der Waals surface area contributed by atoms with E-state index in [9.17, 15) is 14.4 Å². The standard InChI is InChI=1S/C24H29NO6S/c1-15(22(27)25-16-11-12-18(29-5)19(13-16)30-6)32-20-10-8-7-9-17(20)23(28)31-14-21(26)24(2,3)4/h7-13,15H,14H2,1-6H3,(H,25,27). The third kappa shape index (κ3) is 6.75. The lowest BCUT2D eigenvalue weighted by Crippen LogP contribution is -2.26. The topological polar surface area (TPSA) is 90.9 Å². The van der Waals surface area contributed by atoms with E-state index in [1.54, 1.807) is 70.2 Å². The first kappa shape index (κ1) is 25.3. The molecule has 0 radical (unpaired) electrons. The first-order chi connectivity index (χ1) is 15.1. The normalized spacial score (nSPS) is 11.9. The molecule has 7 nitrogen and oxygen atoms in total. The molecular weight excluding hydrogens is 430 g/mol. The van der Waals surface area contributed by atoms with E-state index in [4.69, 9.17) is 14.2 Å². The van der Waals surface area contributed by atoms with E-state index >= 15 is 0 Å². The van der Waals surface area contributed by atoms with Crippen LogP contribution in [0.25, 0.3) is 0 Å². The Bertz CT molecular complexity index is 983. The van der Waals surface area contributed by atoms with Crippen LogP contribution in [0.15, 0.2) is 47.4 Å². The van der Waals surface area contributed by atoms with E-state index in [0.29, 0.717) is 27.6 Å². The summed E-state index contributed by atoms with van der Waals surface area (Å²) in [5.41, 5.74) is 0.282. The Morgan fingerprint density at radius 2 is 1.66 bits per heavy atom. The number of carbonyl (C=O) groups excluding carboxylic acids is 3. The van der Waals surface area contributed by atoms with Gasteiger partial charge in [0.25, 0.3) is 0 Å². The average molecular weight is 460 g/mol. The molecule has 1 amide bonds. The van der Waals surface area contributed by atoms with Gasteiger partial charge in [0.2, 0.25) is 5.91 Å². The molecule has 2 aromatic carbocycles. The minimum Gasteiger partial charge on any atom is -0.493 e. The van der Waals surface area contributed by atoms with Gasteiger partial charge in [-0.2, -0.15) is 0 Å². The molecule has 1 atom stereocenters. The fraction of sp³-hybridized carbons (Fsp3) is 0.375. The maximum absolute atomic E-state index is 12.7. The molecule has 172 valence electrons. The maximum atomic E-state index is 12.7. The number of benzene rings is 2. The van der Waals surface area contributed by atoms with E-state index in [1.807, 2.05) is 0 Å². The molecular formula is C24H29NO6S. The highest BCUT2D eigenvalue weighted by Gasteiger charge is 2.24. The number of thioether (sulfide) groups is 1. The second-order valence-corrected chi connectivity index (χ2v) is 9.45. The summed E-state index contributed by atoms with van der Waals surface area (Å²) in [6.45, 7) is 6.76. The number of nitrogens with one attached hydrogen (secondary N) is 1. The summed E-state index contributed by atoms with van der Waals surface area (Å²) in [4.78, 5) is 37.9. The zero-order chi connectivity index (χ0) is 23.9. The van der Waals surface area contributed by atoms with Crippen molar-refractivity contribution in [1.29, 1.82) is 0 Å². The Kier molecular flexibility index (Phi) is 8.72. The van der Waals surface area contributed by atoms with Crippen LogP contribution in [0.3, 0.4) is 0 Å². The largest absolute Gasteiger partial charge is 0.493 e. The molecule has 0 aromatic heterocycles. The maximum Gasteiger partial charge on any atom is 0.339 e. The van der Waals surface area contributed by atoms with Crippen molar-refractivity contribution in [2.24, 2.45) is 5.41 Å². The molecule has 0 spiro atoms. The first-order valence-electron chi connectivity index (χ1n) is 10.1. The lowest BCUT2D eigenvalue weighted by Gasteiger charge is -2.17. The van der Waals surface area contributed by atoms with Crippen molar-refractivity contribution in [3.05, 3.63) is 48.0 Å². The highest BCUT2D eigenvalue weighted by molar-refractivity contribution is 8.00. The van der Waals surface area contributed by atoms with Gasteiger partial charge in [-0.05, 0) is 31.2 Å². The molecule has 0 aliphatic heterocycles. The number of Topliss-reactive ketones (excluding diaryl/α,β-unsaturated/α-hetero) is 1. The summed E-state index contributed by atoms with van der Waals surface area (Å²) >= 11 is 1.23. The zero-order valence-corrected chi connectivity index (χ0v) is 20.0. The highest BCUT2D eigenvalue weighted by Crippen LogP contribution is 2.31. The number of amides is 1. The van der Waals surface area contributed by atoms with Crippen molar-refractivity contribution >= 4 is 35.1 Å². The van der Waals surface area contributed by atoms with E-state index in [1.165, 1.54) is 26.0 Å². The van der Waals surface area contributed by atoms with Crippen molar-refractivity contribution in [2.75, 3.05) is 26.1 Å². The van der Waals surface area contributed by atoms with E-state index in [2.05, 4.69) is 5.32 Å². The Labute approximate surface area is 192 Å². The van der Waals surface area contributed by atoms with Gasteiger partial charge < -0.3 is 19.5 Å². The van der Waals surface area contributed by atoms with Crippen LogP contribution in [0, 0.1) is 5.41 Å². The van der Waals surface area contributed by atoms with Crippen LogP contribution in [0.1, 0.15) is 38.1 Å². The average Bonchev–Trinajstić information content (AvgIpc) is 2.76. The molecule has 8 heteroatoms. The highest BCUT2D eigenvalue weighted by atomic mass is 32.2. The number of methoxy groups -OCH3 is 2. The fourth-order valence-electron chi connectivity index (χ4n) is 2.57. The number of esters is 1. The van der Waals surface area contributed by atoms with Crippen LogP contribution >= 0.6 is 11.8 Å². The zero-order valence-electron chi connectivity index (χ0n) is 19.2. The quantitative estimate of drug-likeness (QED) is 0.433. The summed E-state index contributed by atoms with van der Waals surface area (Å²) in [6, 6.07) is 11.9. The molecule has 0 fully saturated rings. The molecule has 1 unspecified atom stereocenters. The number of anilines is 1. The van der Waals surface area contributed by atoms with Crippen molar-refractivity contribution in [3.63, 3.8) is 0 Å². The molecule has 0 aliphatic carbocycles. The lowest BCUT2D eigenvalue weighted by atomic mass is 9.91. The second-order valence-electron chi connectivity index (χ2n) is 8.06. The monoisotopic (exact) mass is 459 g/mol. The predicted octanol–water partition coefficient (Wildman–Crippen LogP) is 4.60. The Balaban J connectivity index is 2.07. The molecule has 0 heterocycles. The minimum absolute atomic E-state index is 0.168. The molecule has 0 bridgehead atoms. The number of hydrogen-bond acceptors (Lipinski definition) is 7. The number of rotatable bonds is 9. The van der Waals surface area contributed by atoms with Crippen molar-refractivity contribution in [1.82, 2.24) is 0 Å². The van der Waals surface area contributed by atoms with Gasteiger partial charge in [-0.3, -0.25) is 9.59 Å².